The topological polar surface area (TPSA) is 240 Å². The van der Waals surface area contributed by atoms with Crippen molar-refractivity contribution in [3.63, 3.8) is 0 Å². The van der Waals surface area contributed by atoms with E-state index in [1.54, 1.807) is 0 Å². The zero-order chi connectivity index (χ0) is 41.7. The SMILES string of the molecule is CS(=O)(=O)N(CCCCCCC(=O)O)CCCC(O)COCc1ccccc1.CS(=O)(=O)N(CCCCCCC(=O)O)CCCC(O)COCc1ccccc1.O. The van der Waals surface area contributed by atoms with E-state index in [-0.39, 0.29) is 31.5 Å². The fraction of sp³-hybridized carbons (Fsp3) is 0.650. The number of aliphatic carboxylic acids is 2. The van der Waals surface area contributed by atoms with Crippen LogP contribution in [0.5, 0.6) is 0 Å². The molecule has 0 aliphatic rings. The zero-order valence-corrected chi connectivity index (χ0v) is 35.4. The molecule has 0 saturated carbocycles. The number of nitrogens with zero attached hydrogens (tertiary/aromatic N) is 2. The summed E-state index contributed by atoms with van der Waals surface area (Å²) in [5.41, 5.74) is 2.09. The molecule has 0 amide bonds. The Morgan fingerprint density at radius 3 is 1.18 bits per heavy atom. The van der Waals surface area contributed by atoms with Crippen LogP contribution in [0.1, 0.15) is 101 Å². The van der Waals surface area contributed by atoms with E-state index in [0.29, 0.717) is 90.8 Å². The summed E-state index contributed by atoms with van der Waals surface area (Å²) in [5, 5.41) is 37.2. The molecule has 0 aromatic heterocycles. The van der Waals surface area contributed by atoms with Crippen LogP contribution in [-0.2, 0) is 52.3 Å². The standard InChI is InChI=1S/2C20H33NO6S.H2O/c2*1-28(25,26)21(14-8-3-2-7-13-20(23)24)15-9-12-19(22)17-27-16-18-10-5-4-6-11-18;/h2*4-6,10-11,19,22H,2-3,7-9,12-17H2,1H3,(H,23,24);1H2. The number of rotatable bonds is 32. The lowest BCUT2D eigenvalue weighted by molar-refractivity contribution is -0.138. The fourth-order valence-corrected chi connectivity index (χ4v) is 7.51. The summed E-state index contributed by atoms with van der Waals surface area (Å²) in [7, 11) is -6.59. The molecule has 2 aromatic rings. The summed E-state index contributed by atoms with van der Waals surface area (Å²) in [6.45, 7) is 2.89. The normalized spacial score (nSPS) is 12.7. The van der Waals surface area contributed by atoms with E-state index in [9.17, 15) is 36.6 Å². The van der Waals surface area contributed by atoms with Crippen LogP contribution in [0.3, 0.4) is 0 Å². The molecule has 0 radical (unpaired) electrons. The largest absolute Gasteiger partial charge is 0.481 e. The highest BCUT2D eigenvalue weighted by Crippen LogP contribution is 2.12. The van der Waals surface area contributed by atoms with Gasteiger partial charge in [-0.05, 0) is 62.5 Å². The smallest absolute Gasteiger partial charge is 0.303 e. The number of carboxylic acids is 2. The highest BCUT2D eigenvalue weighted by molar-refractivity contribution is 7.88. The molecule has 0 spiro atoms. The summed E-state index contributed by atoms with van der Waals surface area (Å²) in [6, 6.07) is 19.4. The molecule has 17 heteroatoms. The highest BCUT2D eigenvalue weighted by atomic mass is 32.2. The number of unbranched alkanes of at least 4 members (excludes halogenated alkanes) is 6. The molecule has 0 heterocycles. The van der Waals surface area contributed by atoms with Crippen LogP contribution in [0.2, 0.25) is 0 Å². The Morgan fingerprint density at radius 2 is 0.860 bits per heavy atom. The average Bonchev–Trinajstić information content (AvgIpc) is 3.13. The Hall–Kier alpha value is -3.00. The van der Waals surface area contributed by atoms with E-state index in [0.717, 1.165) is 36.8 Å². The van der Waals surface area contributed by atoms with Gasteiger partial charge in [-0.3, -0.25) is 9.59 Å². The zero-order valence-electron chi connectivity index (χ0n) is 33.8. The van der Waals surface area contributed by atoms with Crippen molar-refractivity contribution in [3.8, 4) is 0 Å². The molecule has 15 nitrogen and oxygen atoms in total. The Kier molecular flexibility index (Phi) is 30.2. The molecule has 0 aliphatic carbocycles. The molecule has 2 atom stereocenters. The monoisotopic (exact) mass is 848 g/mol. The average molecular weight is 849 g/mol. The summed E-state index contributed by atoms with van der Waals surface area (Å²) in [4.78, 5) is 20.9. The van der Waals surface area contributed by atoms with E-state index in [2.05, 4.69) is 0 Å². The second-order valence-corrected chi connectivity index (χ2v) is 18.0. The van der Waals surface area contributed by atoms with Gasteiger partial charge in [-0.25, -0.2) is 25.4 Å². The van der Waals surface area contributed by atoms with Crippen LogP contribution in [0, 0.1) is 0 Å². The van der Waals surface area contributed by atoms with Gasteiger partial charge in [-0.15, -0.1) is 0 Å². The summed E-state index contributed by atoms with van der Waals surface area (Å²) >= 11 is 0. The second-order valence-electron chi connectivity index (χ2n) is 14.0. The van der Waals surface area contributed by atoms with Crippen LogP contribution < -0.4 is 0 Å². The van der Waals surface area contributed by atoms with Crippen molar-refractivity contribution in [2.75, 3.05) is 51.9 Å². The molecule has 2 aromatic carbocycles. The van der Waals surface area contributed by atoms with Gasteiger partial charge in [0, 0.05) is 39.0 Å². The minimum atomic E-state index is -3.30. The van der Waals surface area contributed by atoms with Crippen LogP contribution in [-0.4, -0.2) is 127 Å². The van der Waals surface area contributed by atoms with E-state index < -0.39 is 44.2 Å². The van der Waals surface area contributed by atoms with Crippen LogP contribution >= 0.6 is 0 Å². The first kappa shape index (κ1) is 54.0. The first-order valence-corrected chi connectivity index (χ1v) is 23.2. The quantitative estimate of drug-likeness (QED) is 0.0747. The Morgan fingerprint density at radius 1 is 0.544 bits per heavy atom. The number of sulfonamides is 2. The third-order valence-electron chi connectivity index (χ3n) is 8.77. The van der Waals surface area contributed by atoms with E-state index >= 15 is 0 Å². The minimum Gasteiger partial charge on any atom is -0.481 e. The van der Waals surface area contributed by atoms with Crippen LogP contribution in [0.15, 0.2) is 60.7 Å². The lowest BCUT2D eigenvalue weighted by atomic mass is 10.1. The highest BCUT2D eigenvalue weighted by Gasteiger charge is 2.18. The second kappa shape index (κ2) is 31.9. The van der Waals surface area contributed by atoms with E-state index in [1.807, 2.05) is 60.7 Å². The number of hydrogen-bond donors (Lipinski definition) is 4. The fourth-order valence-electron chi connectivity index (χ4n) is 5.67. The molecule has 0 aliphatic heterocycles. The van der Waals surface area contributed by atoms with E-state index in [4.69, 9.17) is 19.7 Å². The van der Waals surface area contributed by atoms with Crippen molar-refractivity contribution in [2.45, 2.75) is 115 Å². The first-order valence-electron chi connectivity index (χ1n) is 19.5. The first-order chi connectivity index (χ1) is 26.6. The third kappa shape index (κ3) is 30.7. The minimum absolute atomic E-state index is 0. The summed E-state index contributed by atoms with van der Waals surface area (Å²) in [5.74, 6) is -1.60. The lowest BCUT2D eigenvalue weighted by Gasteiger charge is -2.20. The third-order valence-corrected chi connectivity index (χ3v) is 11.4. The number of ether oxygens (including phenoxy) is 2. The predicted molar refractivity (Wildman–Crippen MR) is 221 cm³/mol. The lowest BCUT2D eigenvalue weighted by Crippen LogP contribution is -2.32. The Labute approximate surface area is 340 Å². The number of carbonyl (C=O) groups is 2. The van der Waals surface area contributed by atoms with Gasteiger partial charge >= 0.3 is 11.9 Å². The summed E-state index contributed by atoms with van der Waals surface area (Å²) in [6.07, 6.45) is 9.30. The molecule has 57 heavy (non-hydrogen) atoms. The van der Waals surface area contributed by atoms with Crippen molar-refractivity contribution in [2.24, 2.45) is 0 Å². The van der Waals surface area contributed by atoms with Crippen molar-refractivity contribution >= 4 is 32.0 Å². The molecular weight excluding hydrogens is 781 g/mol. The molecule has 0 bridgehead atoms. The number of benzene rings is 2. The van der Waals surface area contributed by atoms with Crippen LogP contribution in [0.4, 0.5) is 0 Å². The van der Waals surface area contributed by atoms with Gasteiger partial charge in [-0.2, -0.15) is 0 Å². The predicted octanol–water partition coefficient (Wildman–Crippen LogP) is 4.46. The number of aliphatic hydroxyl groups is 2. The molecule has 0 saturated heterocycles. The van der Waals surface area contributed by atoms with Crippen molar-refractivity contribution < 1.29 is 61.8 Å². The number of hydrogen-bond acceptors (Lipinski definition) is 10. The van der Waals surface area contributed by atoms with Gasteiger partial charge in [0.15, 0.2) is 0 Å². The van der Waals surface area contributed by atoms with Gasteiger partial charge in [0.1, 0.15) is 0 Å². The van der Waals surface area contributed by atoms with Crippen molar-refractivity contribution in [3.05, 3.63) is 71.8 Å². The maximum Gasteiger partial charge on any atom is 0.303 e. The summed E-state index contributed by atoms with van der Waals surface area (Å²) < 4.78 is 61.5. The van der Waals surface area contributed by atoms with Crippen molar-refractivity contribution in [1.82, 2.24) is 8.61 Å². The molecule has 2 rings (SSSR count). The number of aliphatic hydroxyl groups excluding tert-OH is 2. The van der Waals surface area contributed by atoms with Gasteiger partial charge < -0.3 is 35.4 Å². The van der Waals surface area contributed by atoms with Crippen molar-refractivity contribution in [1.29, 1.82) is 0 Å². The molecule has 6 N–H and O–H groups in total. The van der Waals surface area contributed by atoms with Gasteiger partial charge in [0.05, 0.1) is 51.1 Å². The molecule has 2 unspecified atom stereocenters. The van der Waals surface area contributed by atoms with Gasteiger partial charge in [-0.1, -0.05) is 86.3 Å². The maximum absolute atomic E-state index is 11.9. The van der Waals surface area contributed by atoms with E-state index in [1.165, 1.54) is 21.1 Å². The number of carboxylic acid groups (broad SMARTS) is 2. The molecular formula is C40H68N2O13S2. The van der Waals surface area contributed by atoms with Gasteiger partial charge in [0.2, 0.25) is 20.0 Å². The van der Waals surface area contributed by atoms with Crippen LogP contribution in [0.25, 0.3) is 0 Å². The Bertz CT molecular complexity index is 1420. The maximum atomic E-state index is 11.9. The van der Waals surface area contributed by atoms with Gasteiger partial charge in [0.25, 0.3) is 0 Å². The Balaban J connectivity index is 0.00000108. The molecule has 0 fully saturated rings. The molecule has 328 valence electrons.